The quantitative estimate of drug-likeness (QED) is 0.634. The molecule has 0 unspecified atom stereocenters. The van der Waals surface area contributed by atoms with Crippen LogP contribution in [-0.4, -0.2) is 30.8 Å². The molecular weight excluding hydrogens is 343 g/mol. The van der Waals surface area contributed by atoms with Crippen LogP contribution in [-0.2, 0) is 16.4 Å². The average Bonchev–Trinajstić information content (AvgIpc) is 3.09. The minimum absolute atomic E-state index is 0.104. The lowest BCUT2D eigenvalue weighted by Crippen LogP contribution is -2.13. The summed E-state index contributed by atoms with van der Waals surface area (Å²) in [5, 5.41) is 0. The van der Waals surface area contributed by atoms with Crippen LogP contribution in [0.1, 0.15) is 0 Å². The normalized spacial score (nSPS) is 11.4. The fraction of sp³-hybridized carbons (Fsp3) is 0.167. The largest absolute Gasteiger partial charge is 0.496 e. The monoisotopic (exact) mass is 360 g/mol. The zero-order chi connectivity index (χ0) is 17.9. The Balaban J connectivity index is 1.83. The molecule has 0 spiro atoms. The molecule has 0 aliphatic heterocycles. The van der Waals surface area contributed by atoms with Crippen molar-refractivity contribution in [3.63, 3.8) is 0 Å². The van der Waals surface area contributed by atoms with Crippen LogP contribution < -0.4 is 4.74 Å². The van der Waals surface area contributed by atoms with E-state index in [0.29, 0.717) is 11.6 Å². The molecule has 130 valence electrons. The van der Waals surface area contributed by atoms with Gasteiger partial charge in [-0.05, 0) is 36.4 Å². The van der Waals surface area contributed by atoms with Crippen LogP contribution in [0.2, 0.25) is 0 Å². The van der Waals surface area contributed by atoms with E-state index in [2.05, 4.69) is 4.98 Å². The molecule has 0 bridgehead atoms. The number of methoxy groups -OCH3 is 1. The second-order valence-corrected chi connectivity index (χ2v) is 7.53. The summed E-state index contributed by atoms with van der Waals surface area (Å²) in [4.78, 5) is 4.42. The van der Waals surface area contributed by atoms with Gasteiger partial charge in [0.2, 0.25) is 0 Å². The first-order valence-electron chi connectivity index (χ1n) is 7.64. The molecule has 0 saturated heterocycles. The third-order valence-corrected chi connectivity index (χ3v) is 5.55. The maximum absolute atomic E-state index is 13.0. The molecule has 0 aliphatic rings. The van der Waals surface area contributed by atoms with Crippen LogP contribution in [0, 0.1) is 5.82 Å². The predicted molar refractivity (Wildman–Crippen MR) is 92.7 cm³/mol. The van der Waals surface area contributed by atoms with E-state index >= 15 is 0 Å². The van der Waals surface area contributed by atoms with Gasteiger partial charge in [-0.15, -0.1) is 0 Å². The Labute approximate surface area is 145 Å². The van der Waals surface area contributed by atoms with Gasteiger partial charge in [-0.2, -0.15) is 0 Å². The van der Waals surface area contributed by atoms with Gasteiger partial charge in [0, 0.05) is 18.9 Å². The number of para-hydroxylation sites is 1. The summed E-state index contributed by atoms with van der Waals surface area (Å²) in [6.07, 6.45) is 3.34. The molecule has 25 heavy (non-hydrogen) atoms. The molecule has 0 saturated carbocycles. The first-order chi connectivity index (χ1) is 12.0. The number of aromatic nitrogens is 2. The topological polar surface area (TPSA) is 61.2 Å². The summed E-state index contributed by atoms with van der Waals surface area (Å²) >= 11 is 0. The van der Waals surface area contributed by atoms with Gasteiger partial charge in [-0.3, -0.25) is 0 Å². The van der Waals surface area contributed by atoms with Crippen LogP contribution >= 0.6 is 0 Å². The SMILES string of the molecule is COc1ccccc1-c1nccn1CCS(=O)(=O)c1ccc(F)cc1. The van der Waals surface area contributed by atoms with E-state index in [-0.39, 0.29) is 17.2 Å². The van der Waals surface area contributed by atoms with Gasteiger partial charge in [0.15, 0.2) is 9.84 Å². The third-order valence-electron chi connectivity index (χ3n) is 3.84. The fourth-order valence-electron chi connectivity index (χ4n) is 2.54. The van der Waals surface area contributed by atoms with Crippen molar-refractivity contribution in [2.45, 2.75) is 11.4 Å². The molecule has 0 amide bonds. The molecule has 0 N–H and O–H groups in total. The number of halogens is 1. The van der Waals surface area contributed by atoms with Crippen molar-refractivity contribution in [1.29, 1.82) is 0 Å². The van der Waals surface area contributed by atoms with Gasteiger partial charge in [-0.1, -0.05) is 12.1 Å². The van der Waals surface area contributed by atoms with Gasteiger partial charge in [-0.25, -0.2) is 17.8 Å². The van der Waals surface area contributed by atoms with E-state index in [1.165, 1.54) is 12.1 Å². The molecule has 1 aromatic heterocycles. The number of nitrogens with zero attached hydrogens (tertiary/aromatic N) is 2. The summed E-state index contributed by atoms with van der Waals surface area (Å²) in [5.74, 6) is 0.715. The van der Waals surface area contributed by atoms with Gasteiger partial charge < -0.3 is 9.30 Å². The first-order valence-corrected chi connectivity index (χ1v) is 9.29. The number of ether oxygens (including phenoxy) is 1. The maximum atomic E-state index is 13.0. The zero-order valence-corrected chi connectivity index (χ0v) is 14.4. The highest BCUT2D eigenvalue weighted by Crippen LogP contribution is 2.28. The summed E-state index contributed by atoms with van der Waals surface area (Å²) in [6, 6.07) is 12.3. The number of hydrogen-bond donors (Lipinski definition) is 0. The highest BCUT2D eigenvalue weighted by molar-refractivity contribution is 7.91. The van der Waals surface area contributed by atoms with Gasteiger partial charge in [0.05, 0.1) is 23.3 Å². The number of hydrogen-bond acceptors (Lipinski definition) is 4. The molecular formula is C18H17FN2O3S. The lowest BCUT2D eigenvalue weighted by molar-refractivity contribution is 0.416. The molecule has 2 aromatic carbocycles. The third kappa shape index (κ3) is 3.71. The second kappa shape index (κ2) is 7.06. The maximum Gasteiger partial charge on any atom is 0.180 e. The Hall–Kier alpha value is -2.67. The smallest absolute Gasteiger partial charge is 0.180 e. The van der Waals surface area contributed by atoms with Crippen molar-refractivity contribution >= 4 is 9.84 Å². The van der Waals surface area contributed by atoms with Gasteiger partial charge in [0.25, 0.3) is 0 Å². The number of aryl methyl sites for hydroxylation is 1. The van der Waals surface area contributed by atoms with Crippen molar-refractivity contribution < 1.29 is 17.5 Å². The van der Waals surface area contributed by atoms with E-state index in [4.69, 9.17) is 4.74 Å². The van der Waals surface area contributed by atoms with Gasteiger partial charge >= 0.3 is 0 Å². The second-order valence-electron chi connectivity index (χ2n) is 5.42. The average molecular weight is 360 g/mol. The fourth-order valence-corrected chi connectivity index (χ4v) is 3.77. The molecule has 1 heterocycles. The van der Waals surface area contributed by atoms with E-state index in [1.54, 1.807) is 24.1 Å². The summed E-state index contributed by atoms with van der Waals surface area (Å²) < 4.78 is 44.9. The lowest BCUT2D eigenvalue weighted by Gasteiger charge is -2.11. The van der Waals surface area contributed by atoms with E-state index in [0.717, 1.165) is 17.7 Å². The Bertz CT molecular complexity index is 966. The summed E-state index contributed by atoms with van der Waals surface area (Å²) in [7, 11) is -1.94. The Kier molecular flexibility index (Phi) is 4.85. The molecule has 3 aromatic rings. The zero-order valence-electron chi connectivity index (χ0n) is 13.6. The van der Waals surface area contributed by atoms with Crippen molar-refractivity contribution in [2.75, 3.05) is 12.9 Å². The highest BCUT2D eigenvalue weighted by atomic mass is 32.2. The highest BCUT2D eigenvalue weighted by Gasteiger charge is 2.17. The van der Waals surface area contributed by atoms with E-state index < -0.39 is 15.7 Å². The minimum Gasteiger partial charge on any atom is -0.496 e. The van der Waals surface area contributed by atoms with Gasteiger partial charge in [0.1, 0.15) is 17.4 Å². The lowest BCUT2D eigenvalue weighted by atomic mass is 10.2. The Morgan fingerprint density at radius 3 is 2.56 bits per heavy atom. The summed E-state index contributed by atoms with van der Waals surface area (Å²) in [6.45, 7) is 0.229. The Morgan fingerprint density at radius 2 is 1.84 bits per heavy atom. The van der Waals surface area contributed by atoms with Crippen molar-refractivity contribution in [3.8, 4) is 17.1 Å². The Morgan fingerprint density at radius 1 is 1.12 bits per heavy atom. The predicted octanol–water partition coefficient (Wildman–Crippen LogP) is 3.17. The molecule has 0 aliphatic carbocycles. The first kappa shape index (κ1) is 17.2. The molecule has 0 radical (unpaired) electrons. The molecule has 0 atom stereocenters. The van der Waals surface area contributed by atoms with Crippen molar-refractivity contribution in [1.82, 2.24) is 9.55 Å². The van der Waals surface area contributed by atoms with Crippen LogP contribution in [0.15, 0.2) is 65.8 Å². The number of imidazole rings is 1. The van der Waals surface area contributed by atoms with Crippen molar-refractivity contribution in [2.24, 2.45) is 0 Å². The standard InChI is InChI=1S/C18H17FN2O3S/c1-24-17-5-3-2-4-16(17)18-20-10-11-21(18)12-13-25(22,23)15-8-6-14(19)7-9-15/h2-11H,12-13H2,1H3. The van der Waals surface area contributed by atoms with Crippen molar-refractivity contribution in [3.05, 3.63) is 66.7 Å². The van der Waals surface area contributed by atoms with Crippen LogP contribution in [0.5, 0.6) is 5.75 Å². The minimum atomic E-state index is -3.51. The molecule has 0 fully saturated rings. The number of benzene rings is 2. The summed E-state index contributed by atoms with van der Waals surface area (Å²) in [5.41, 5.74) is 0.786. The number of rotatable bonds is 6. The number of sulfone groups is 1. The van der Waals surface area contributed by atoms with E-state index in [9.17, 15) is 12.8 Å². The van der Waals surface area contributed by atoms with Crippen LogP contribution in [0.25, 0.3) is 11.4 Å². The molecule has 3 rings (SSSR count). The van der Waals surface area contributed by atoms with Crippen LogP contribution in [0.3, 0.4) is 0 Å². The molecule has 7 heteroatoms. The van der Waals surface area contributed by atoms with Crippen LogP contribution in [0.4, 0.5) is 4.39 Å². The molecule has 5 nitrogen and oxygen atoms in total. The van der Waals surface area contributed by atoms with E-state index in [1.807, 2.05) is 24.3 Å².